The summed E-state index contributed by atoms with van der Waals surface area (Å²) < 4.78 is 4.62. The maximum atomic E-state index is 4.82. The van der Waals surface area contributed by atoms with Crippen LogP contribution in [0.3, 0.4) is 0 Å². The fourth-order valence-electron chi connectivity index (χ4n) is 5.79. The largest absolute Gasteiger partial charge is 0.318 e. The molecule has 4 heteroatoms. The molecule has 0 amide bonds. The van der Waals surface area contributed by atoms with Gasteiger partial charge in [-0.2, -0.15) is 0 Å². The third-order valence-corrected chi connectivity index (χ3v) is 7.62. The Labute approximate surface area is 236 Å². The van der Waals surface area contributed by atoms with E-state index in [1.807, 2.05) is 44.2 Å². The first-order valence-corrected chi connectivity index (χ1v) is 14.1. The Morgan fingerprint density at radius 3 is 1.98 bits per heavy atom. The monoisotopic (exact) mass is 522 g/mol. The number of rotatable bonds is 3. The van der Waals surface area contributed by atoms with Gasteiger partial charge in [-0.3, -0.25) is 4.57 Å². The zero-order valence-corrected chi connectivity index (χ0v) is 23.3. The standard InChI is InChI=1S/C19H14N2.C15H14N2.C2H6/c1-3-9-15(10-4-1)19-20-17-13-7-8-14-18(17)21(19)16-11-5-2-6-12-16;1-11-16-13-7-2-3-8-14(13)17(11)15-9-5-4-6-12(15)10-15;1-2/h1-14H;2-9,12H,10H2,1H3;1-2H3. The van der Waals surface area contributed by atoms with Crippen LogP contribution in [0.5, 0.6) is 0 Å². The van der Waals surface area contributed by atoms with Crippen molar-refractivity contribution in [1.82, 2.24) is 19.1 Å². The molecule has 1 fully saturated rings. The highest BCUT2D eigenvalue weighted by molar-refractivity contribution is 5.83. The number of imidazole rings is 2. The molecule has 2 aliphatic rings. The molecule has 4 nitrogen and oxygen atoms in total. The first-order chi connectivity index (χ1) is 19.7. The number of benzene rings is 4. The molecule has 8 rings (SSSR count). The van der Waals surface area contributed by atoms with Gasteiger partial charge in [0.05, 0.1) is 27.6 Å². The highest BCUT2D eigenvalue weighted by Gasteiger charge is 2.54. The summed E-state index contributed by atoms with van der Waals surface area (Å²) >= 11 is 0. The van der Waals surface area contributed by atoms with Crippen molar-refractivity contribution in [2.45, 2.75) is 32.7 Å². The van der Waals surface area contributed by atoms with Gasteiger partial charge < -0.3 is 4.57 Å². The molecule has 0 spiro atoms. The van der Waals surface area contributed by atoms with Crippen LogP contribution >= 0.6 is 0 Å². The van der Waals surface area contributed by atoms with Gasteiger partial charge in [-0.15, -0.1) is 0 Å². The molecule has 1 saturated carbocycles. The van der Waals surface area contributed by atoms with Crippen molar-refractivity contribution in [3.05, 3.63) is 139 Å². The summed E-state index contributed by atoms with van der Waals surface area (Å²) in [5.41, 5.74) is 6.93. The smallest absolute Gasteiger partial charge is 0.145 e. The fourth-order valence-corrected chi connectivity index (χ4v) is 5.79. The maximum Gasteiger partial charge on any atom is 0.145 e. The fraction of sp³-hybridized carbons (Fsp3) is 0.167. The van der Waals surface area contributed by atoms with Crippen LogP contribution in [0, 0.1) is 12.8 Å². The van der Waals surface area contributed by atoms with Crippen LogP contribution in [0.2, 0.25) is 0 Å². The second-order valence-corrected chi connectivity index (χ2v) is 9.99. The lowest BCUT2D eigenvalue weighted by Gasteiger charge is -2.19. The van der Waals surface area contributed by atoms with E-state index in [-0.39, 0.29) is 5.54 Å². The molecular weight excluding hydrogens is 488 g/mol. The van der Waals surface area contributed by atoms with Gasteiger partial charge in [0.15, 0.2) is 0 Å². The summed E-state index contributed by atoms with van der Waals surface area (Å²) in [6, 6.07) is 37.3. The van der Waals surface area contributed by atoms with Gasteiger partial charge in [-0.05, 0) is 49.7 Å². The van der Waals surface area contributed by atoms with Crippen molar-refractivity contribution in [3.63, 3.8) is 0 Å². The molecular formula is C36H34N4. The van der Waals surface area contributed by atoms with Gasteiger partial charge in [0, 0.05) is 17.2 Å². The first-order valence-electron chi connectivity index (χ1n) is 14.1. The Morgan fingerprint density at radius 1 is 0.675 bits per heavy atom. The highest BCUT2D eigenvalue weighted by Crippen LogP contribution is 2.55. The number of hydrogen-bond donors (Lipinski definition) is 0. The van der Waals surface area contributed by atoms with E-state index in [2.05, 4.69) is 124 Å². The molecule has 0 radical (unpaired) electrons. The van der Waals surface area contributed by atoms with Crippen LogP contribution in [0.4, 0.5) is 0 Å². The lowest BCUT2D eigenvalue weighted by molar-refractivity contribution is 0.562. The molecule has 4 aromatic carbocycles. The van der Waals surface area contributed by atoms with Crippen molar-refractivity contribution in [1.29, 1.82) is 0 Å². The topological polar surface area (TPSA) is 35.6 Å². The van der Waals surface area contributed by atoms with E-state index in [9.17, 15) is 0 Å². The lowest BCUT2D eigenvalue weighted by Crippen LogP contribution is -2.19. The van der Waals surface area contributed by atoms with E-state index in [1.54, 1.807) is 0 Å². The summed E-state index contributed by atoms with van der Waals surface area (Å²) in [6.45, 7) is 6.11. The predicted octanol–water partition coefficient (Wildman–Crippen LogP) is 8.90. The zero-order valence-electron chi connectivity index (χ0n) is 23.3. The predicted molar refractivity (Wildman–Crippen MR) is 167 cm³/mol. The van der Waals surface area contributed by atoms with Gasteiger partial charge >= 0.3 is 0 Å². The molecule has 198 valence electrons. The lowest BCUT2D eigenvalue weighted by atomic mass is 10.1. The van der Waals surface area contributed by atoms with Crippen LogP contribution in [0.1, 0.15) is 26.1 Å². The average molecular weight is 523 g/mol. The second-order valence-electron chi connectivity index (χ2n) is 9.99. The van der Waals surface area contributed by atoms with E-state index >= 15 is 0 Å². The van der Waals surface area contributed by atoms with Gasteiger partial charge in [-0.1, -0.05) is 111 Å². The molecule has 2 heterocycles. The Balaban J connectivity index is 0.000000139. The Morgan fingerprint density at radius 2 is 1.27 bits per heavy atom. The third-order valence-electron chi connectivity index (χ3n) is 7.62. The van der Waals surface area contributed by atoms with Crippen LogP contribution in [-0.2, 0) is 5.54 Å². The van der Waals surface area contributed by atoms with E-state index in [0.717, 1.165) is 39.4 Å². The van der Waals surface area contributed by atoms with Crippen molar-refractivity contribution in [3.8, 4) is 17.1 Å². The average Bonchev–Trinajstić information content (AvgIpc) is 3.48. The molecule has 0 saturated heterocycles. The molecule has 6 aromatic rings. The minimum absolute atomic E-state index is 0.176. The number of aromatic nitrogens is 4. The van der Waals surface area contributed by atoms with Gasteiger partial charge in [0.1, 0.15) is 11.6 Å². The van der Waals surface area contributed by atoms with Crippen molar-refractivity contribution < 1.29 is 0 Å². The number of aryl methyl sites for hydroxylation is 1. The Bertz CT molecular complexity index is 1810. The normalized spacial score (nSPS) is 18.4. The molecule has 2 atom stereocenters. The number of fused-ring (bicyclic) bond motifs is 3. The van der Waals surface area contributed by atoms with E-state index < -0.39 is 0 Å². The third kappa shape index (κ3) is 4.46. The van der Waals surface area contributed by atoms with E-state index in [0.29, 0.717) is 5.92 Å². The van der Waals surface area contributed by atoms with Crippen LogP contribution in [0.25, 0.3) is 39.1 Å². The summed E-state index contributed by atoms with van der Waals surface area (Å²) in [5.74, 6) is 2.75. The quantitative estimate of drug-likeness (QED) is 0.233. The summed E-state index contributed by atoms with van der Waals surface area (Å²) in [4.78, 5) is 9.49. The first kappa shape index (κ1) is 25.6. The van der Waals surface area contributed by atoms with Crippen LogP contribution in [-0.4, -0.2) is 19.1 Å². The van der Waals surface area contributed by atoms with Crippen molar-refractivity contribution in [2.24, 2.45) is 5.92 Å². The SMILES string of the molecule is CC.Cc1nc2ccccc2n1C12C=CC=CC1C2.c1ccc(-c2nc3ccccc3n2-c2ccccc2)cc1. The molecule has 2 aromatic heterocycles. The Kier molecular flexibility index (Phi) is 6.91. The number of allylic oxidation sites excluding steroid dienone is 4. The molecule has 0 N–H and O–H groups in total. The second kappa shape index (κ2) is 10.8. The molecule has 2 unspecified atom stereocenters. The van der Waals surface area contributed by atoms with Crippen LogP contribution < -0.4 is 0 Å². The minimum atomic E-state index is 0.176. The Hall–Kier alpha value is -4.70. The molecule has 0 bridgehead atoms. The van der Waals surface area contributed by atoms with Crippen molar-refractivity contribution in [2.75, 3.05) is 0 Å². The minimum Gasteiger partial charge on any atom is -0.318 e. The van der Waals surface area contributed by atoms with E-state index in [4.69, 9.17) is 4.98 Å². The molecule has 2 aliphatic carbocycles. The summed E-state index contributed by atoms with van der Waals surface area (Å²) in [7, 11) is 0. The number of nitrogens with zero attached hydrogens (tertiary/aromatic N) is 4. The van der Waals surface area contributed by atoms with Crippen LogP contribution in [0.15, 0.2) is 133 Å². The van der Waals surface area contributed by atoms with Gasteiger partial charge in [0.25, 0.3) is 0 Å². The highest BCUT2D eigenvalue weighted by atomic mass is 15.2. The maximum absolute atomic E-state index is 4.82. The number of para-hydroxylation sites is 5. The number of hydrogen-bond acceptors (Lipinski definition) is 2. The summed E-state index contributed by atoms with van der Waals surface area (Å²) in [6.07, 6.45) is 10.2. The zero-order chi connectivity index (χ0) is 27.5. The van der Waals surface area contributed by atoms with Gasteiger partial charge in [-0.25, -0.2) is 9.97 Å². The molecule has 0 aliphatic heterocycles. The van der Waals surface area contributed by atoms with E-state index in [1.165, 1.54) is 11.9 Å². The van der Waals surface area contributed by atoms with Crippen molar-refractivity contribution >= 4 is 22.1 Å². The summed E-state index contributed by atoms with van der Waals surface area (Å²) in [5, 5.41) is 0. The van der Waals surface area contributed by atoms with Gasteiger partial charge in [0.2, 0.25) is 0 Å². The molecule has 40 heavy (non-hydrogen) atoms.